The van der Waals surface area contributed by atoms with E-state index < -0.39 is 5.97 Å². The predicted molar refractivity (Wildman–Crippen MR) is 60.1 cm³/mol. The van der Waals surface area contributed by atoms with Crippen LogP contribution in [0.3, 0.4) is 0 Å². The molecule has 1 aliphatic rings. The quantitative estimate of drug-likeness (QED) is 0.723. The van der Waals surface area contributed by atoms with Gasteiger partial charge in [-0.15, -0.1) is 6.58 Å². The number of carbonyl (C=O) groups excluding carboxylic acids is 1. The van der Waals surface area contributed by atoms with E-state index in [0.29, 0.717) is 13.1 Å². The molecule has 0 saturated heterocycles. The second-order valence-electron chi connectivity index (χ2n) is 3.55. The minimum absolute atomic E-state index is 0.244. The van der Waals surface area contributed by atoms with Crippen molar-refractivity contribution >= 4 is 12.0 Å². The minimum atomic E-state index is -1.01. The molecule has 1 aliphatic heterocycles. The molecule has 16 heavy (non-hydrogen) atoms. The highest BCUT2D eigenvalue weighted by Gasteiger charge is 2.21. The third kappa shape index (κ3) is 3.42. The fraction of sp³-hybridized carbons (Fsp3) is 0.455. The molecule has 0 spiro atoms. The molecular weight excluding hydrogens is 208 g/mol. The summed E-state index contributed by atoms with van der Waals surface area (Å²) in [5.41, 5.74) is 0. The van der Waals surface area contributed by atoms with E-state index in [0.717, 1.165) is 6.42 Å². The predicted octanol–water partition coefficient (Wildman–Crippen LogP) is 0.941. The highest BCUT2D eigenvalue weighted by molar-refractivity contribution is 5.80. The Hall–Kier alpha value is -1.78. The Balaban J connectivity index is 2.61. The van der Waals surface area contributed by atoms with E-state index >= 15 is 0 Å². The molecule has 1 rings (SSSR count). The lowest BCUT2D eigenvalue weighted by molar-refractivity contribution is -0.137. The summed E-state index contributed by atoms with van der Waals surface area (Å²) in [6.45, 7) is 4.67. The smallest absolute Gasteiger partial charge is 0.323 e. The number of hydrogen-bond acceptors (Lipinski definition) is 2. The molecule has 5 nitrogen and oxygen atoms in total. The molecule has 88 valence electrons. The van der Waals surface area contributed by atoms with E-state index in [-0.39, 0.29) is 19.1 Å². The second-order valence-corrected chi connectivity index (χ2v) is 3.55. The molecule has 0 aromatic rings. The molecule has 0 unspecified atom stereocenters. The van der Waals surface area contributed by atoms with Crippen LogP contribution in [0.4, 0.5) is 4.79 Å². The third-order valence-corrected chi connectivity index (χ3v) is 2.27. The first kappa shape index (κ1) is 12.3. The summed E-state index contributed by atoms with van der Waals surface area (Å²) >= 11 is 0. The number of carboxylic acid groups (broad SMARTS) is 1. The van der Waals surface area contributed by atoms with Gasteiger partial charge in [0.2, 0.25) is 0 Å². The zero-order valence-electron chi connectivity index (χ0n) is 9.13. The summed E-state index contributed by atoms with van der Waals surface area (Å²) in [5.74, 6) is -1.01. The van der Waals surface area contributed by atoms with Gasteiger partial charge in [-0.3, -0.25) is 4.79 Å². The molecular formula is C11H16N2O3. The lowest BCUT2D eigenvalue weighted by Crippen LogP contribution is -2.46. The van der Waals surface area contributed by atoms with Crippen LogP contribution in [0.15, 0.2) is 24.8 Å². The summed E-state index contributed by atoms with van der Waals surface area (Å²) in [5, 5.41) is 8.70. The first-order valence-electron chi connectivity index (χ1n) is 5.16. The van der Waals surface area contributed by atoms with Gasteiger partial charge in [0.25, 0.3) is 0 Å². The zero-order valence-corrected chi connectivity index (χ0v) is 9.13. The highest BCUT2D eigenvalue weighted by atomic mass is 16.4. The van der Waals surface area contributed by atoms with Crippen molar-refractivity contribution in [1.82, 2.24) is 9.80 Å². The SMILES string of the molecule is C=CCN(CC(=O)O)C(=O)N1CC=CCC1. The van der Waals surface area contributed by atoms with E-state index in [2.05, 4.69) is 6.58 Å². The molecule has 2 amide bonds. The average Bonchev–Trinajstić information content (AvgIpc) is 2.28. The number of rotatable bonds is 4. The van der Waals surface area contributed by atoms with Crippen LogP contribution >= 0.6 is 0 Å². The van der Waals surface area contributed by atoms with Gasteiger partial charge in [0.15, 0.2) is 0 Å². The number of carbonyl (C=O) groups is 2. The van der Waals surface area contributed by atoms with Gasteiger partial charge in [0, 0.05) is 19.6 Å². The molecule has 0 aliphatic carbocycles. The van der Waals surface area contributed by atoms with Gasteiger partial charge < -0.3 is 14.9 Å². The Morgan fingerprint density at radius 2 is 2.25 bits per heavy atom. The van der Waals surface area contributed by atoms with Crippen LogP contribution in [-0.2, 0) is 4.79 Å². The maximum atomic E-state index is 11.9. The first-order valence-corrected chi connectivity index (χ1v) is 5.16. The molecule has 0 saturated carbocycles. The van der Waals surface area contributed by atoms with Gasteiger partial charge in [0.1, 0.15) is 6.54 Å². The maximum Gasteiger partial charge on any atom is 0.323 e. The Morgan fingerprint density at radius 3 is 2.75 bits per heavy atom. The second kappa shape index (κ2) is 5.95. The average molecular weight is 224 g/mol. The van der Waals surface area contributed by atoms with Crippen molar-refractivity contribution in [2.24, 2.45) is 0 Å². The summed E-state index contributed by atoms with van der Waals surface area (Å²) in [6, 6.07) is -0.244. The molecule has 0 fully saturated rings. The summed E-state index contributed by atoms with van der Waals surface area (Å²) < 4.78 is 0. The van der Waals surface area contributed by atoms with Gasteiger partial charge >= 0.3 is 12.0 Å². The van der Waals surface area contributed by atoms with Crippen LogP contribution in [0.5, 0.6) is 0 Å². The standard InChI is InChI=1S/C11H16N2O3/c1-2-6-13(9-10(14)15)11(16)12-7-4-3-5-8-12/h2-4H,1,5-9H2,(H,14,15). The molecule has 0 aromatic heterocycles. The Bertz CT molecular complexity index is 312. The summed E-state index contributed by atoms with van der Waals surface area (Å²) in [6.07, 6.45) is 6.27. The number of carboxylic acids is 1. The van der Waals surface area contributed by atoms with Crippen molar-refractivity contribution in [3.05, 3.63) is 24.8 Å². The highest BCUT2D eigenvalue weighted by Crippen LogP contribution is 2.05. The van der Waals surface area contributed by atoms with E-state index in [1.165, 1.54) is 11.0 Å². The van der Waals surface area contributed by atoms with Crippen molar-refractivity contribution in [2.45, 2.75) is 6.42 Å². The van der Waals surface area contributed by atoms with Crippen molar-refractivity contribution in [3.63, 3.8) is 0 Å². The molecule has 0 atom stereocenters. The summed E-state index contributed by atoms with van der Waals surface area (Å²) in [4.78, 5) is 25.4. The molecule has 0 aromatic carbocycles. The van der Waals surface area contributed by atoms with Gasteiger partial charge in [-0.25, -0.2) is 4.79 Å². The summed E-state index contributed by atoms with van der Waals surface area (Å²) in [7, 11) is 0. The molecule has 0 bridgehead atoms. The van der Waals surface area contributed by atoms with Crippen molar-refractivity contribution < 1.29 is 14.7 Å². The Labute approximate surface area is 94.6 Å². The lowest BCUT2D eigenvalue weighted by Gasteiger charge is -2.29. The van der Waals surface area contributed by atoms with Crippen molar-refractivity contribution in [2.75, 3.05) is 26.2 Å². The van der Waals surface area contributed by atoms with Crippen LogP contribution in [0, 0.1) is 0 Å². The van der Waals surface area contributed by atoms with Crippen molar-refractivity contribution in [1.29, 1.82) is 0 Å². The van der Waals surface area contributed by atoms with Crippen LogP contribution in [0.25, 0.3) is 0 Å². The maximum absolute atomic E-state index is 11.9. The van der Waals surface area contributed by atoms with E-state index in [1.54, 1.807) is 4.90 Å². The number of amides is 2. The van der Waals surface area contributed by atoms with Gasteiger partial charge in [0.05, 0.1) is 0 Å². The van der Waals surface area contributed by atoms with Crippen LogP contribution in [0.1, 0.15) is 6.42 Å². The third-order valence-electron chi connectivity index (χ3n) is 2.27. The van der Waals surface area contributed by atoms with Gasteiger partial charge in [-0.2, -0.15) is 0 Å². The van der Waals surface area contributed by atoms with E-state index in [1.807, 2.05) is 12.2 Å². The molecule has 1 heterocycles. The first-order chi connectivity index (χ1) is 7.65. The van der Waals surface area contributed by atoms with Crippen molar-refractivity contribution in [3.8, 4) is 0 Å². The fourth-order valence-electron chi connectivity index (χ4n) is 1.54. The van der Waals surface area contributed by atoms with Gasteiger partial charge in [-0.05, 0) is 6.42 Å². The largest absolute Gasteiger partial charge is 0.480 e. The Morgan fingerprint density at radius 1 is 1.50 bits per heavy atom. The monoisotopic (exact) mass is 224 g/mol. The minimum Gasteiger partial charge on any atom is -0.480 e. The van der Waals surface area contributed by atoms with E-state index in [9.17, 15) is 9.59 Å². The normalized spacial score (nSPS) is 14.6. The zero-order chi connectivity index (χ0) is 12.0. The fourth-order valence-corrected chi connectivity index (χ4v) is 1.54. The van der Waals surface area contributed by atoms with Crippen LogP contribution < -0.4 is 0 Å². The lowest BCUT2D eigenvalue weighted by atomic mass is 10.2. The van der Waals surface area contributed by atoms with E-state index in [4.69, 9.17) is 5.11 Å². The number of aliphatic carboxylic acids is 1. The molecule has 1 N–H and O–H groups in total. The van der Waals surface area contributed by atoms with Gasteiger partial charge in [-0.1, -0.05) is 18.2 Å². The number of urea groups is 1. The molecule has 5 heteroatoms. The molecule has 0 radical (unpaired) electrons. The topological polar surface area (TPSA) is 60.9 Å². The Kier molecular flexibility index (Phi) is 4.57. The number of nitrogens with zero attached hydrogens (tertiary/aromatic N) is 2. The van der Waals surface area contributed by atoms with Crippen LogP contribution in [0.2, 0.25) is 0 Å². The van der Waals surface area contributed by atoms with Crippen LogP contribution in [-0.4, -0.2) is 53.1 Å². The number of hydrogen-bond donors (Lipinski definition) is 1.